The van der Waals surface area contributed by atoms with Gasteiger partial charge >= 0.3 is 11.9 Å². The summed E-state index contributed by atoms with van der Waals surface area (Å²) in [6.45, 7) is 6.50. The molecule has 1 atom stereocenters. The molecular weight excluding hydrogens is 444 g/mol. The summed E-state index contributed by atoms with van der Waals surface area (Å²) in [4.78, 5) is 48.6. The molecule has 13 nitrogen and oxygen atoms in total. The Morgan fingerprint density at radius 1 is 1.16 bits per heavy atom. The number of nitrogens with zero attached hydrogens (tertiary/aromatic N) is 3. The fourth-order valence-corrected chi connectivity index (χ4v) is 3.55. The van der Waals surface area contributed by atoms with Crippen molar-refractivity contribution >= 4 is 47.3 Å². The zero-order valence-corrected chi connectivity index (χ0v) is 18.8. The third kappa shape index (κ3) is 5.38. The maximum Gasteiger partial charge on any atom is 0.342 e. The number of aryl methyl sites for hydroxylation is 1. The molecule has 0 aliphatic rings. The normalized spacial score (nSPS) is 11.6. The van der Waals surface area contributed by atoms with E-state index in [4.69, 9.17) is 25.4 Å². The van der Waals surface area contributed by atoms with Crippen molar-refractivity contribution < 1.29 is 33.1 Å². The predicted octanol–water partition coefficient (Wildman–Crippen LogP) is 0.892. The Hall–Kier alpha value is -3.55. The molecule has 2 aromatic heterocycles. The molecule has 2 rings (SSSR count). The quantitative estimate of drug-likeness (QED) is 0.331. The molecule has 2 amide bonds. The summed E-state index contributed by atoms with van der Waals surface area (Å²) < 4.78 is 16.5. The molecule has 32 heavy (non-hydrogen) atoms. The van der Waals surface area contributed by atoms with E-state index in [-0.39, 0.29) is 52.8 Å². The number of ether oxygens (including phenoxy) is 2. The molecule has 0 aliphatic heterocycles. The highest BCUT2D eigenvalue weighted by Gasteiger charge is 2.31. The number of nitrogens with two attached hydrogens (primary N) is 2. The number of anilines is 2. The number of hydrogen-bond donors (Lipinski definition) is 3. The Bertz CT molecular complexity index is 1030. The fourth-order valence-electron chi connectivity index (χ4n) is 2.73. The van der Waals surface area contributed by atoms with Crippen LogP contribution in [0.3, 0.4) is 0 Å². The zero-order valence-electron chi connectivity index (χ0n) is 18.0. The van der Waals surface area contributed by atoms with Crippen molar-refractivity contribution in [2.75, 3.05) is 30.0 Å². The zero-order chi connectivity index (χ0) is 24.0. The Morgan fingerprint density at radius 2 is 1.81 bits per heavy atom. The molecular formula is C18H24N6O7S. The van der Waals surface area contributed by atoms with Crippen LogP contribution >= 0.6 is 11.8 Å². The number of thioether (sulfide) groups is 1. The summed E-state index contributed by atoms with van der Waals surface area (Å²) in [5.74, 6) is -3.31. The maximum atomic E-state index is 12.9. The largest absolute Gasteiger partial charge is 0.465 e. The van der Waals surface area contributed by atoms with E-state index in [1.165, 1.54) is 18.4 Å². The van der Waals surface area contributed by atoms with Gasteiger partial charge in [-0.3, -0.25) is 24.3 Å². The Balaban J connectivity index is 2.28. The van der Waals surface area contributed by atoms with Crippen LogP contribution in [-0.4, -0.2) is 57.5 Å². The van der Waals surface area contributed by atoms with Crippen LogP contribution in [0.2, 0.25) is 0 Å². The lowest BCUT2D eigenvalue weighted by Crippen LogP contribution is -2.27. The first kappa shape index (κ1) is 24.7. The van der Waals surface area contributed by atoms with Gasteiger partial charge in [0.2, 0.25) is 17.7 Å². The molecule has 0 saturated carbocycles. The fraction of sp³-hybridized carbons (Fsp3) is 0.444. The van der Waals surface area contributed by atoms with Gasteiger partial charge in [-0.15, -0.1) is 10.2 Å². The van der Waals surface area contributed by atoms with Crippen molar-refractivity contribution in [2.24, 2.45) is 5.73 Å². The van der Waals surface area contributed by atoms with E-state index in [1.807, 2.05) is 0 Å². The molecule has 174 valence electrons. The summed E-state index contributed by atoms with van der Waals surface area (Å²) >= 11 is 0.988. The second kappa shape index (κ2) is 10.7. The van der Waals surface area contributed by atoms with E-state index >= 15 is 0 Å². The van der Waals surface area contributed by atoms with Crippen LogP contribution in [0.25, 0.3) is 0 Å². The van der Waals surface area contributed by atoms with Crippen molar-refractivity contribution in [3.05, 3.63) is 16.9 Å². The average Bonchev–Trinajstić information content (AvgIpc) is 3.25. The monoisotopic (exact) mass is 468 g/mol. The van der Waals surface area contributed by atoms with E-state index in [0.29, 0.717) is 0 Å². The van der Waals surface area contributed by atoms with Crippen molar-refractivity contribution in [2.45, 2.75) is 38.9 Å². The summed E-state index contributed by atoms with van der Waals surface area (Å²) in [5.41, 5.74) is 10.8. The van der Waals surface area contributed by atoms with Crippen LogP contribution in [0, 0.1) is 6.92 Å². The molecule has 0 fully saturated rings. The number of carbonyl (C=O) groups is 4. The summed E-state index contributed by atoms with van der Waals surface area (Å²) in [5, 5.41) is 10.2. The molecule has 0 saturated heterocycles. The lowest BCUT2D eigenvalue weighted by Gasteiger charge is -2.15. The highest BCUT2D eigenvalue weighted by atomic mass is 32.2. The van der Waals surface area contributed by atoms with Gasteiger partial charge in [0.1, 0.15) is 22.9 Å². The van der Waals surface area contributed by atoms with E-state index in [1.54, 1.807) is 13.8 Å². The second-order valence-electron chi connectivity index (χ2n) is 6.29. The number of furan rings is 1. The first-order valence-corrected chi connectivity index (χ1v) is 10.5. The number of primary amides is 1. The van der Waals surface area contributed by atoms with Crippen molar-refractivity contribution in [3.8, 4) is 0 Å². The SMILES string of the molecule is CCOC(=O)CSc1nnc(N)n1C(C)C(=O)Nc1oc(C)c(C(=O)OCC)c1C(N)=O. The molecule has 1 unspecified atom stereocenters. The van der Waals surface area contributed by atoms with Gasteiger partial charge in [0, 0.05) is 0 Å². The lowest BCUT2D eigenvalue weighted by atomic mass is 10.1. The summed E-state index contributed by atoms with van der Waals surface area (Å²) in [6, 6.07) is -0.980. The van der Waals surface area contributed by atoms with Crippen molar-refractivity contribution in [3.63, 3.8) is 0 Å². The van der Waals surface area contributed by atoms with Crippen LogP contribution in [0.4, 0.5) is 11.8 Å². The van der Waals surface area contributed by atoms with Crippen LogP contribution in [0.1, 0.15) is 53.3 Å². The molecule has 2 heterocycles. The van der Waals surface area contributed by atoms with Gasteiger partial charge in [-0.1, -0.05) is 11.8 Å². The third-order valence-electron chi connectivity index (χ3n) is 4.13. The second-order valence-corrected chi connectivity index (χ2v) is 7.23. The molecule has 0 aromatic carbocycles. The Labute approximate surface area is 187 Å². The number of esters is 2. The maximum absolute atomic E-state index is 12.9. The summed E-state index contributed by atoms with van der Waals surface area (Å²) in [7, 11) is 0. The molecule has 5 N–H and O–H groups in total. The lowest BCUT2D eigenvalue weighted by molar-refractivity contribution is -0.139. The van der Waals surface area contributed by atoms with Crippen LogP contribution in [0.15, 0.2) is 9.57 Å². The number of hydrogen-bond acceptors (Lipinski definition) is 11. The van der Waals surface area contributed by atoms with Gasteiger partial charge < -0.3 is 25.4 Å². The van der Waals surface area contributed by atoms with Gasteiger partial charge in [-0.25, -0.2) is 4.79 Å². The van der Waals surface area contributed by atoms with Crippen LogP contribution in [0.5, 0.6) is 0 Å². The van der Waals surface area contributed by atoms with Crippen LogP contribution in [-0.2, 0) is 19.1 Å². The average molecular weight is 468 g/mol. The smallest absolute Gasteiger partial charge is 0.342 e. The predicted molar refractivity (Wildman–Crippen MR) is 113 cm³/mol. The first-order valence-electron chi connectivity index (χ1n) is 9.52. The molecule has 0 bridgehead atoms. The van der Waals surface area contributed by atoms with Crippen LogP contribution < -0.4 is 16.8 Å². The van der Waals surface area contributed by atoms with Crippen molar-refractivity contribution in [1.29, 1.82) is 0 Å². The summed E-state index contributed by atoms with van der Waals surface area (Å²) in [6.07, 6.45) is 0. The highest BCUT2D eigenvalue weighted by Crippen LogP contribution is 2.29. The third-order valence-corrected chi connectivity index (χ3v) is 5.05. The van der Waals surface area contributed by atoms with E-state index < -0.39 is 29.8 Å². The minimum absolute atomic E-state index is 0.0506. The number of nitrogen functional groups attached to an aromatic ring is 1. The van der Waals surface area contributed by atoms with Gasteiger partial charge in [0.25, 0.3) is 5.91 Å². The molecule has 0 aliphatic carbocycles. The topological polar surface area (TPSA) is 195 Å². The van der Waals surface area contributed by atoms with E-state index in [0.717, 1.165) is 11.8 Å². The molecule has 0 spiro atoms. The Kier molecular flexibility index (Phi) is 8.23. The van der Waals surface area contributed by atoms with Gasteiger partial charge in [-0.2, -0.15) is 0 Å². The number of nitrogens with one attached hydrogen (secondary N) is 1. The minimum Gasteiger partial charge on any atom is -0.465 e. The minimum atomic E-state index is -0.984. The van der Waals surface area contributed by atoms with E-state index in [2.05, 4.69) is 15.5 Å². The molecule has 2 aromatic rings. The van der Waals surface area contributed by atoms with Gasteiger partial charge in [-0.05, 0) is 27.7 Å². The molecule has 14 heteroatoms. The highest BCUT2D eigenvalue weighted by molar-refractivity contribution is 7.99. The first-order chi connectivity index (χ1) is 15.1. The Morgan fingerprint density at radius 3 is 2.41 bits per heavy atom. The number of rotatable bonds is 10. The number of carbonyl (C=O) groups excluding carboxylic acids is 4. The number of aromatic nitrogens is 3. The standard InChI is InChI=1S/C18H24N6O7S/c1-5-29-10(25)7-32-18-23-22-17(20)24(18)8(3)14(27)21-15-12(13(19)26)11(9(4)31-15)16(28)30-6-2/h8H,5-7H2,1-4H3,(H2,19,26)(H2,20,22)(H,21,27). The molecule has 0 radical (unpaired) electrons. The van der Waals surface area contributed by atoms with Crippen molar-refractivity contribution in [1.82, 2.24) is 14.8 Å². The van der Waals surface area contributed by atoms with Gasteiger partial charge in [0.15, 0.2) is 5.16 Å². The number of amides is 2. The van der Waals surface area contributed by atoms with E-state index in [9.17, 15) is 19.2 Å². The van der Waals surface area contributed by atoms with Gasteiger partial charge in [0.05, 0.1) is 19.0 Å².